The van der Waals surface area contributed by atoms with Crippen molar-refractivity contribution in [3.05, 3.63) is 40.6 Å². The second-order valence-electron chi connectivity index (χ2n) is 5.50. The van der Waals surface area contributed by atoms with Gasteiger partial charge in [0.15, 0.2) is 0 Å². The Morgan fingerprint density at radius 2 is 1.86 bits per heavy atom. The molecular formula is C16H19BrN4. The van der Waals surface area contributed by atoms with Gasteiger partial charge in [-0.1, -0.05) is 28.8 Å². The smallest absolute Gasteiger partial charge is 0.135 e. The summed E-state index contributed by atoms with van der Waals surface area (Å²) in [4.78, 5) is 8.59. The molecule has 0 saturated heterocycles. The average molecular weight is 347 g/mol. The summed E-state index contributed by atoms with van der Waals surface area (Å²) in [5.74, 6) is 1.71. The van der Waals surface area contributed by atoms with Gasteiger partial charge in [-0.05, 0) is 43.5 Å². The zero-order valence-corrected chi connectivity index (χ0v) is 13.7. The van der Waals surface area contributed by atoms with E-state index in [2.05, 4.69) is 49.5 Å². The van der Waals surface area contributed by atoms with E-state index in [9.17, 15) is 0 Å². The molecule has 1 saturated carbocycles. The summed E-state index contributed by atoms with van der Waals surface area (Å²) in [6, 6.07) is 8.69. The van der Waals surface area contributed by atoms with E-state index in [1.165, 1.54) is 31.2 Å². The van der Waals surface area contributed by atoms with Gasteiger partial charge in [-0.25, -0.2) is 9.97 Å². The highest BCUT2D eigenvalue weighted by Gasteiger charge is 2.15. The third-order valence-corrected chi connectivity index (χ3v) is 4.69. The molecule has 1 aliphatic rings. The normalized spacial score (nSPS) is 15.1. The Bertz CT molecular complexity index is 623. The minimum absolute atomic E-state index is 0.558. The van der Waals surface area contributed by atoms with Crippen molar-refractivity contribution in [3.8, 4) is 0 Å². The number of halogens is 1. The lowest BCUT2D eigenvalue weighted by Gasteiger charge is -2.13. The second kappa shape index (κ2) is 6.43. The Kier molecular flexibility index (Phi) is 4.39. The van der Waals surface area contributed by atoms with E-state index in [0.29, 0.717) is 6.04 Å². The monoisotopic (exact) mass is 346 g/mol. The number of nitrogens with zero attached hydrogens (tertiary/aromatic N) is 2. The predicted molar refractivity (Wildman–Crippen MR) is 90.1 cm³/mol. The van der Waals surface area contributed by atoms with Gasteiger partial charge in [-0.15, -0.1) is 0 Å². The molecule has 2 aromatic rings. The fraction of sp³-hybridized carbons (Fsp3) is 0.375. The maximum absolute atomic E-state index is 4.31. The van der Waals surface area contributed by atoms with Gasteiger partial charge in [-0.2, -0.15) is 0 Å². The fourth-order valence-corrected chi connectivity index (χ4v) is 2.90. The van der Waals surface area contributed by atoms with E-state index in [0.717, 1.165) is 21.8 Å². The number of anilines is 3. The molecule has 2 N–H and O–H groups in total. The average Bonchev–Trinajstić information content (AvgIpc) is 2.96. The van der Waals surface area contributed by atoms with Crippen LogP contribution in [0.15, 0.2) is 35.1 Å². The van der Waals surface area contributed by atoms with Crippen LogP contribution in [0.4, 0.5) is 17.3 Å². The quantitative estimate of drug-likeness (QED) is 0.846. The van der Waals surface area contributed by atoms with Crippen LogP contribution in [0, 0.1) is 6.92 Å². The molecule has 21 heavy (non-hydrogen) atoms. The highest BCUT2D eigenvalue weighted by Crippen LogP contribution is 2.24. The van der Waals surface area contributed by atoms with Crippen molar-refractivity contribution in [1.29, 1.82) is 0 Å². The number of rotatable bonds is 4. The molecule has 0 aliphatic heterocycles. The number of hydrogen-bond donors (Lipinski definition) is 2. The first kappa shape index (κ1) is 14.3. The largest absolute Gasteiger partial charge is 0.367 e. The van der Waals surface area contributed by atoms with Crippen LogP contribution in [0.1, 0.15) is 31.2 Å². The first-order valence-corrected chi connectivity index (χ1v) is 8.12. The molecule has 0 unspecified atom stereocenters. The zero-order chi connectivity index (χ0) is 14.7. The summed E-state index contributed by atoms with van der Waals surface area (Å²) >= 11 is 3.51. The van der Waals surface area contributed by atoms with Gasteiger partial charge in [-0.3, -0.25) is 0 Å². The van der Waals surface area contributed by atoms with Crippen LogP contribution in [0.3, 0.4) is 0 Å². The minimum Gasteiger partial charge on any atom is -0.367 e. The third kappa shape index (κ3) is 3.73. The van der Waals surface area contributed by atoms with Crippen LogP contribution in [-0.2, 0) is 0 Å². The summed E-state index contributed by atoms with van der Waals surface area (Å²) in [5.41, 5.74) is 2.22. The third-order valence-electron chi connectivity index (χ3n) is 3.80. The van der Waals surface area contributed by atoms with Crippen LogP contribution < -0.4 is 10.6 Å². The Morgan fingerprint density at radius 1 is 1.10 bits per heavy atom. The van der Waals surface area contributed by atoms with E-state index in [1.54, 1.807) is 6.33 Å². The van der Waals surface area contributed by atoms with E-state index >= 15 is 0 Å². The van der Waals surface area contributed by atoms with Gasteiger partial charge < -0.3 is 10.6 Å². The molecule has 0 bridgehead atoms. The number of nitrogens with one attached hydrogen (secondary N) is 2. The number of hydrogen-bond acceptors (Lipinski definition) is 4. The standard InChI is InChI=1S/C16H19BrN4/c1-11-8-13(6-7-14(11)17)21-16-9-15(18-10-19-16)20-12-4-2-3-5-12/h6-10,12H,2-5H2,1H3,(H2,18,19,20,21). The van der Waals surface area contributed by atoms with E-state index < -0.39 is 0 Å². The topological polar surface area (TPSA) is 49.8 Å². The van der Waals surface area contributed by atoms with Crippen LogP contribution in [-0.4, -0.2) is 16.0 Å². The van der Waals surface area contributed by atoms with Crippen molar-refractivity contribution in [1.82, 2.24) is 9.97 Å². The highest BCUT2D eigenvalue weighted by molar-refractivity contribution is 9.10. The van der Waals surface area contributed by atoms with Crippen molar-refractivity contribution in [2.45, 2.75) is 38.6 Å². The lowest BCUT2D eigenvalue weighted by Crippen LogP contribution is -2.15. The van der Waals surface area contributed by atoms with Gasteiger partial charge in [0.05, 0.1) is 0 Å². The Morgan fingerprint density at radius 3 is 2.62 bits per heavy atom. The molecular weight excluding hydrogens is 328 g/mol. The molecule has 1 aliphatic carbocycles. The van der Waals surface area contributed by atoms with Gasteiger partial charge in [0.1, 0.15) is 18.0 Å². The molecule has 0 atom stereocenters. The van der Waals surface area contributed by atoms with E-state index in [-0.39, 0.29) is 0 Å². The van der Waals surface area contributed by atoms with Gasteiger partial charge in [0, 0.05) is 22.3 Å². The van der Waals surface area contributed by atoms with Crippen LogP contribution in [0.2, 0.25) is 0 Å². The molecule has 5 heteroatoms. The molecule has 4 nitrogen and oxygen atoms in total. The number of aryl methyl sites for hydroxylation is 1. The molecule has 1 aromatic carbocycles. The van der Waals surface area contributed by atoms with Crippen molar-refractivity contribution in [2.24, 2.45) is 0 Å². The van der Waals surface area contributed by atoms with Crippen molar-refractivity contribution >= 4 is 33.3 Å². The summed E-state index contributed by atoms with van der Waals surface area (Å²) in [5, 5.41) is 6.81. The number of benzene rings is 1. The predicted octanol–water partition coefficient (Wildman–Crippen LogP) is 4.65. The Labute approximate surface area is 133 Å². The van der Waals surface area contributed by atoms with E-state index in [4.69, 9.17) is 0 Å². The molecule has 0 spiro atoms. The summed E-state index contributed by atoms with van der Waals surface area (Å²) in [7, 11) is 0. The highest BCUT2D eigenvalue weighted by atomic mass is 79.9. The van der Waals surface area contributed by atoms with Crippen LogP contribution in [0.5, 0.6) is 0 Å². The fourth-order valence-electron chi connectivity index (χ4n) is 2.65. The molecule has 1 fully saturated rings. The Hall–Kier alpha value is -1.62. The van der Waals surface area contributed by atoms with Crippen molar-refractivity contribution < 1.29 is 0 Å². The Balaban J connectivity index is 1.71. The molecule has 3 rings (SSSR count). The van der Waals surface area contributed by atoms with Gasteiger partial charge >= 0.3 is 0 Å². The molecule has 1 heterocycles. The summed E-state index contributed by atoms with van der Waals surface area (Å²) in [6.45, 7) is 2.07. The van der Waals surface area contributed by atoms with Crippen molar-refractivity contribution in [2.75, 3.05) is 10.6 Å². The van der Waals surface area contributed by atoms with Gasteiger partial charge in [0.2, 0.25) is 0 Å². The maximum atomic E-state index is 4.31. The lowest BCUT2D eigenvalue weighted by molar-refractivity contribution is 0.750. The number of aromatic nitrogens is 2. The minimum atomic E-state index is 0.558. The SMILES string of the molecule is Cc1cc(Nc2cc(NC3CCCC3)ncn2)ccc1Br. The second-order valence-corrected chi connectivity index (χ2v) is 6.36. The van der Waals surface area contributed by atoms with Crippen molar-refractivity contribution in [3.63, 3.8) is 0 Å². The molecule has 110 valence electrons. The lowest BCUT2D eigenvalue weighted by atomic mass is 10.2. The van der Waals surface area contributed by atoms with Crippen LogP contribution in [0.25, 0.3) is 0 Å². The van der Waals surface area contributed by atoms with E-state index in [1.807, 2.05) is 18.2 Å². The van der Waals surface area contributed by atoms with Gasteiger partial charge in [0.25, 0.3) is 0 Å². The first-order valence-electron chi connectivity index (χ1n) is 7.32. The summed E-state index contributed by atoms with van der Waals surface area (Å²) in [6.07, 6.45) is 6.70. The van der Waals surface area contributed by atoms with Crippen LogP contribution >= 0.6 is 15.9 Å². The molecule has 1 aromatic heterocycles. The first-order chi connectivity index (χ1) is 10.2. The zero-order valence-electron chi connectivity index (χ0n) is 12.1. The maximum Gasteiger partial charge on any atom is 0.135 e. The summed E-state index contributed by atoms with van der Waals surface area (Å²) < 4.78 is 1.11. The molecule has 0 amide bonds. The molecule has 0 radical (unpaired) electrons.